The number of carbonyl (C=O) groups is 1. The summed E-state index contributed by atoms with van der Waals surface area (Å²) >= 11 is 0.917. The number of thiazole rings is 1. The minimum absolute atomic E-state index is 0.138. The lowest BCUT2D eigenvalue weighted by Gasteiger charge is -2.21. The number of hydrogen-bond donors (Lipinski definition) is 1. The second-order valence-electron chi connectivity index (χ2n) is 6.85. The number of benzene rings is 1. The molecule has 1 aliphatic rings. The smallest absolute Gasteiger partial charge is 0.307 e. The summed E-state index contributed by atoms with van der Waals surface area (Å²) in [6.45, 7) is -0.106. The molecular weight excluding hydrogens is 386 g/mol. The van der Waals surface area contributed by atoms with E-state index < -0.39 is 11.8 Å². The molecule has 8 heteroatoms. The Bertz CT molecular complexity index is 1430. The predicted molar refractivity (Wildman–Crippen MR) is 113 cm³/mol. The van der Waals surface area contributed by atoms with E-state index in [9.17, 15) is 9.59 Å². The monoisotopic (exact) mass is 408 g/mol. The summed E-state index contributed by atoms with van der Waals surface area (Å²) in [6, 6.07) is 5.32. The molecule has 0 saturated heterocycles. The van der Waals surface area contributed by atoms with Gasteiger partial charge in [0.15, 0.2) is 0 Å². The van der Waals surface area contributed by atoms with Crippen molar-refractivity contribution in [3.63, 3.8) is 0 Å². The van der Waals surface area contributed by atoms with Crippen molar-refractivity contribution < 1.29 is 8.91 Å². The Morgan fingerprint density at radius 1 is 1.31 bits per heavy atom. The van der Waals surface area contributed by atoms with Crippen LogP contribution in [0.1, 0.15) is 32.7 Å². The third-order valence-electron chi connectivity index (χ3n) is 5.22. The Morgan fingerprint density at radius 2 is 2.21 bits per heavy atom. The van der Waals surface area contributed by atoms with E-state index in [1.54, 1.807) is 29.3 Å². The molecule has 0 bridgehead atoms. The van der Waals surface area contributed by atoms with Gasteiger partial charge in [0.25, 0.3) is 5.91 Å². The lowest BCUT2D eigenvalue weighted by Crippen LogP contribution is -2.25. The van der Waals surface area contributed by atoms with Crippen LogP contribution in [-0.4, -0.2) is 31.8 Å². The zero-order valence-electron chi connectivity index (χ0n) is 18.6. The second kappa shape index (κ2) is 6.66. The zero-order valence-corrected chi connectivity index (χ0v) is 16.4. The summed E-state index contributed by atoms with van der Waals surface area (Å²) in [5.41, 5.74) is 5.41. The van der Waals surface area contributed by atoms with E-state index in [1.807, 2.05) is 19.1 Å². The number of nitrogens with zero attached hydrogens (tertiary/aromatic N) is 4. The van der Waals surface area contributed by atoms with Gasteiger partial charge in [-0.05, 0) is 43.0 Å². The molecule has 0 aliphatic carbocycles. The Labute approximate surface area is 174 Å². The highest BCUT2D eigenvalue weighted by Crippen LogP contribution is 2.34. The average Bonchev–Trinajstić information content (AvgIpc) is 3.33. The number of pyridine rings is 1. The van der Waals surface area contributed by atoms with Crippen LogP contribution in [-0.2, 0) is 19.8 Å². The van der Waals surface area contributed by atoms with Crippen molar-refractivity contribution in [3.8, 4) is 16.8 Å². The van der Waals surface area contributed by atoms with Gasteiger partial charge in [-0.2, -0.15) is 5.10 Å². The summed E-state index contributed by atoms with van der Waals surface area (Å²) in [6.07, 6.45) is 6.45. The van der Waals surface area contributed by atoms with Crippen molar-refractivity contribution in [2.45, 2.75) is 19.8 Å². The van der Waals surface area contributed by atoms with Gasteiger partial charge in [0, 0.05) is 29.4 Å². The number of carbonyl (C=O) groups excluding carboxylic acids is 1. The number of aryl methyl sites for hydroxylation is 1. The Kier molecular flexibility index (Phi) is 3.38. The van der Waals surface area contributed by atoms with E-state index in [0.717, 1.165) is 44.0 Å². The van der Waals surface area contributed by atoms with Gasteiger partial charge in [0.2, 0.25) is 0 Å². The van der Waals surface area contributed by atoms with Crippen LogP contribution >= 0.6 is 11.3 Å². The molecule has 0 radical (unpaired) electrons. The van der Waals surface area contributed by atoms with Gasteiger partial charge in [-0.1, -0.05) is 17.4 Å². The maximum Gasteiger partial charge on any atom is 0.307 e. The van der Waals surface area contributed by atoms with Gasteiger partial charge in [-0.15, -0.1) is 0 Å². The summed E-state index contributed by atoms with van der Waals surface area (Å²) in [5, 5.41) is 7.26. The standard InChI is InChI=1S/C21H19N5O2S/c1-3-23-20(27)15-10-24-26-16(15)7-5-13-14(9-22-11-18(13)26)12-4-6-17-19(8-12)29-21(28)25(17)2/h4,6,8-11H,3,5,7H2,1-2H3,(H,23,27)/i2D3. The number of fused-ring (bicyclic) bond motifs is 4. The molecule has 1 aromatic carbocycles. The summed E-state index contributed by atoms with van der Waals surface area (Å²) in [5.74, 6) is -0.138. The normalized spacial score (nSPS) is 14.6. The molecule has 146 valence electrons. The fraction of sp³-hybridized carbons (Fsp3) is 0.238. The number of hydrogen-bond acceptors (Lipinski definition) is 5. The summed E-state index contributed by atoms with van der Waals surface area (Å²) in [7, 11) is 0. The quantitative estimate of drug-likeness (QED) is 0.565. The molecular formula is C21H19N5O2S. The Hall–Kier alpha value is -3.26. The molecule has 1 aliphatic heterocycles. The molecule has 29 heavy (non-hydrogen) atoms. The van der Waals surface area contributed by atoms with Crippen LogP contribution in [0.3, 0.4) is 0 Å². The highest BCUT2D eigenvalue weighted by Gasteiger charge is 2.25. The van der Waals surface area contributed by atoms with E-state index in [1.165, 1.54) is 0 Å². The topological polar surface area (TPSA) is 81.8 Å². The number of nitrogens with one attached hydrogen (secondary N) is 1. The SMILES string of the molecule is [2H]C([2H])([2H])n1c(=O)sc2cc(-c3cncc4c3CCc3c(C(=O)NCC)cnn3-4)ccc21. The van der Waals surface area contributed by atoms with Crippen molar-refractivity contribution in [3.05, 3.63) is 63.3 Å². The lowest BCUT2D eigenvalue weighted by atomic mass is 9.93. The van der Waals surface area contributed by atoms with Gasteiger partial charge >= 0.3 is 4.87 Å². The van der Waals surface area contributed by atoms with Crippen LogP contribution in [0.5, 0.6) is 0 Å². The fourth-order valence-corrected chi connectivity index (χ4v) is 4.69. The van der Waals surface area contributed by atoms with Crippen molar-refractivity contribution in [1.29, 1.82) is 0 Å². The Morgan fingerprint density at radius 3 is 3.03 bits per heavy atom. The fourth-order valence-electron chi connectivity index (χ4n) is 3.87. The van der Waals surface area contributed by atoms with Crippen molar-refractivity contribution in [2.24, 2.45) is 6.98 Å². The van der Waals surface area contributed by atoms with Gasteiger partial charge in [-0.25, -0.2) is 4.68 Å². The highest BCUT2D eigenvalue weighted by molar-refractivity contribution is 7.16. The Balaban J connectivity index is 1.62. The van der Waals surface area contributed by atoms with Gasteiger partial charge in [0.1, 0.15) is 0 Å². The molecule has 4 heterocycles. The van der Waals surface area contributed by atoms with E-state index >= 15 is 0 Å². The molecule has 0 fully saturated rings. The third kappa shape index (κ3) is 2.71. The predicted octanol–water partition coefficient (Wildman–Crippen LogP) is 2.70. The van der Waals surface area contributed by atoms with E-state index in [4.69, 9.17) is 4.11 Å². The first-order chi connectivity index (χ1) is 15.3. The molecule has 5 rings (SSSR count). The summed E-state index contributed by atoms with van der Waals surface area (Å²) in [4.78, 5) is 28.5. The van der Waals surface area contributed by atoms with Gasteiger partial charge in [-0.3, -0.25) is 14.6 Å². The van der Waals surface area contributed by atoms with E-state index in [-0.39, 0.29) is 5.91 Å². The number of rotatable bonds is 3. The van der Waals surface area contributed by atoms with Crippen molar-refractivity contribution >= 4 is 27.5 Å². The average molecular weight is 409 g/mol. The maximum atomic E-state index is 12.4. The first-order valence-corrected chi connectivity index (χ1v) is 10.1. The molecule has 0 saturated carbocycles. The minimum Gasteiger partial charge on any atom is -0.352 e. The second-order valence-corrected chi connectivity index (χ2v) is 7.84. The third-order valence-corrected chi connectivity index (χ3v) is 6.12. The van der Waals surface area contributed by atoms with Crippen molar-refractivity contribution in [1.82, 2.24) is 24.6 Å². The molecule has 7 nitrogen and oxygen atoms in total. The van der Waals surface area contributed by atoms with Crippen molar-refractivity contribution in [2.75, 3.05) is 6.54 Å². The largest absolute Gasteiger partial charge is 0.352 e. The molecule has 0 spiro atoms. The molecule has 3 aromatic heterocycles. The number of aromatic nitrogens is 4. The van der Waals surface area contributed by atoms with Crippen LogP contribution in [0.4, 0.5) is 0 Å². The molecule has 1 N–H and O–H groups in total. The molecule has 4 aromatic rings. The lowest BCUT2D eigenvalue weighted by molar-refractivity contribution is 0.0955. The van der Waals surface area contributed by atoms with Crippen LogP contribution < -0.4 is 10.2 Å². The first kappa shape index (κ1) is 14.7. The molecule has 1 amide bonds. The number of amides is 1. The molecule has 0 atom stereocenters. The van der Waals surface area contributed by atoms with E-state index in [2.05, 4.69) is 15.4 Å². The maximum absolute atomic E-state index is 12.4. The van der Waals surface area contributed by atoms with Gasteiger partial charge < -0.3 is 9.88 Å². The van der Waals surface area contributed by atoms with Crippen LogP contribution in [0.2, 0.25) is 0 Å². The van der Waals surface area contributed by atoms with E-state index in [0.29, 0.717) is 35.2 Å². The zero-order chi connectivity index (χ0) is 22.6. The van der Waals surface area contributed by atoms with Crippen LogP contribution in [0, 0.1) is 0 Å². The van der Waals surface area contributed by atoms with Crippen LogP contribution in [0.15, 0.2) is 41.6 Å². The minimum atomic E-state index is -2.53. The first-order valence-electron chi connectivity index (χ1n) is 10.8. The highest BCUT2D eigenvalue weighted by atomic mass is 32.1. The molecule has 0 unspecified atom stereocenters. The summed E-state index contributed by atoms with van der Waals surface area (Å²) < 4.78 is 26.1. The van der Waals surface area contributed by atoms with Crippen LogP contribution in [0.25, 0.3) is 27.0 Å². The van der Waals surface area contributed by atoms with Gasteiger partial charge in [0.05, 0.1) is 39.6 Å².